The molecule has 2 aromatic rings. The van der Waals surface area contributed by atoms with E-state index in [1.165, 1.54) is 0 Å². The van der Waals surface area contributed by atoms with Crippen LogP contribution < -0.4 is 5.32 Å². The molecular formula is C10H10ClN5O. The van der Waals surface area contributed by atoms with Crippen LogP contribution in [0.4, 0.5) is 5.69 Å². The highest BCUT2D eigenvalue weighted by atomic mass is 35.5. The van der Waals surface area contributed by atoms with E-state index in [1.807, 2.05) is 6.07 Å². The van der Waals surface area contributed by atoms with Crippen molar-refractivity contribution in [3.05, 3.63) is 30.1 Å². The van der Waals surface area contributed by atoms with Crippen molar-refractivity contribution in [1.29, 1.82) is 0 Å². The van der Waals surface area contributed by atoms with Crippen LogP contribution in [0, 0.1) is 6.92 Å². The van der Waals surface area contributed by atoms with Crippen LogP contribution in [-0.4, -0.2) is 32.0 Å². The summed E-state index contributed by atoms with van der Waals surface area (Å²) in [6.45, 7) is 1.80. The highest BCUT2D eigenvalue weighted by molar-refractivity contribution is 6.29. The Hall–Kier alpha value is -1.95. The third-order valence-electron chi connectivity index (χ3n) is 2.12. The quantitative estimate of drug-likeness (QED) is 0.831. The number of hydrogen-bond donors (Lipinski definition) is 1. The summed E-state index contributed by atoms with van der Waals surface area (Å²) in [5.41, 5.74) is 1.43. The van der Waals surface area contributed by atoms with Crippen LogP contribution in [0.3, 0.4) is 0 Å². The Morgan fingerprint density at radius 1 is 1.53 bits per heavy atom. The third-order valence-corrected chi connectivity index (χ3v) is 2.36. The molecule has 88 valence electrons. The number of rotatable bonds is 3. The average Bonchev–Trinajstić information content (AvgIpc) is 2.75. The summed E-state index contributed by atoms with van der Waals surface area (Å²) >= 11 is 5.42. The van der Waals surface area contributed by atoms with Crippen molar-refractivity contribution in [2.24, 2.45) is 0 Å². The van der Waals surface area contributed by atoms with Gasteiger partial charge in [0.25, 0.3) is 0 Å². The molecule has 0 bridgehead atoms. The number of anilines is 1. The normalized spacial score (nSPS) is 10.2. The average molecular weight is 252 g/mol. The molecule has 17 heavy (non-hydrogen) atoms. The minimum Gasteiger partial charge on any atom is -0.325 e. The molecular weight excluding hydrogens is 242 g/mol. The summed E-state index contributed by atoms with van der Waals surface area (Å²) in [6, 6.07) is 7.20. The SMILES string of the molecule is Cc1nnnn1-c1cccc(NC(=O)CCl)c1. The van der Waals surface area contributed by atoms with Gasteiger partial charge < -0.3 is 5.32 Å². The number of benzene rings is 1. The van der Waals surface area contributed by atoms with Gasteiger partial charge in [-0.15, -0.1) is 16.7 Å². The molecule has 0 aliphatic rings. The van der Waals surface area contributed by atoms with Crippen LogP contribution in [-0.2, 0) is 4.79 Å². The van der Waals surface area contributed by atoms with E-state index in [4.69, 9.17) is 11.6 Å². The van der Waals surface area contributed by atoms with Gasteiger partial charge in [-0.25, -0.2) is 0 Å². The number of amides is 1. The van der Waals surface area contributed by atoms with E-state index in [1.54, 1.807) is 29.8 Å². The molecule has 0 saturated carbocycles. The largest absolute Gasteiger partial charge is 0.325 e. The van der Waals surface area contributed by atoms with Gasteiger partial charge in [-0.2, -0.15) is 4.68 Å². The van der Waals surface area contributed by atoms with Gasteiger partial charge in [-0.1, -0.05) is 6.07 Å². The molecule has 0 fully saturated rings. The first-order valence-electron chi connectivity index (χ1n) is 4.92. The highest BCUT2D eigenvalue weighted by Gasteiger charge is 2.05. The van der Waals surface area contributed by atoms with Crippen molar-refractivity contribution in [3.8, 4) is 5.69 Å². The zero-order chi connectivity index (χ0) is 12.3. The maximum atomic E-state index is 11.2. The molecule has 1 aromatic heterocycles. The molecule has 0 spiro atoms. The zero-order valence-electron chi connectivity index (χ0n) is 9.09. The lowest BCUT2D eigenvalue weighted by Gasteiger charge is -2.06. The molecule has 7 heteroatoms. The van der Waals surface area contributed by atoms with Gasteiger partial charge in [0, 0.05) is 5.69 Å². The van der Waals surface area contributed by atoms with Gasteiger partial charge in [0.2, 0.25) is 5.91 Å². The summed E-state index contributed by atoms with van der Waals surface area (Å²) in [7, 11) is 0. The standard InChI is InChI=1S/C10H10ClN5O/c1-7-13-14-15-16(7)9-4-2-3-8(5-9)12-10(17)6-11/h2-5H,6H2,1H3,(H,12,17). The second-order valence-electron chi connectivity index (χ2n) is 3.37. The molecule has 1 N–H and O–H groups in total. The maximum absolute atomic E-state index is 11.2. The Labute approximate surface area is 103 Å². The lowest BCUT2D eigenvalue weighted by atomic mass is 10.2. The van der Waals surface area contributed by atoms with E-state index in [-0.39, 0.29) is 11.8 Å². The van der Waals surface area contributed by atoms with Crippen molar-refractivity contribution >= 4 is 23.2 Å². The summed E-state index contributed by atoms with van der Waals surface area (Å²) in [4.78, 5) is 11.2. The van der Waals surface area contributed by atoms with Crippen LogP contribution in [0.5, 0.6) is 0 Å². The van der Waals surface area contributed by atoms with Gasteiger partial charge >= 0.3 is 0 Å². The van der Waals surface area contributed by atoms with Crippen molar-refractivity contribution in [2.75, 3.05) is 11.2 Å². The first-order chi connectivity index (χ1) is 8.20. The molecule has 0 atom stereocenters. The molecule has 2 rings (SSSR count). The maximum Gasteiger partial charge on any atom is 0.239 e. The van der Waals surface area contributed by atoms with Gasteiger partial charge in [0.1, 0.15) is 5.88 Å². The molecule has 1 aromatic carbocycles. The Morgan fingerprint density at radius 3 is 3.00 bits per heavy atom. The summed E-state index contributed by atoms with van der Waals surface area (Å²) in [6.07, 6.45) is 0. The van der Waals surface area contributed by atoms with Crippen molar-refractivity contribution in [3.63, 3.8) is 0 Å². The molecule has 6 nitrogen and oxygen atoms in total. The second-order valence-corrected chi connectivity index (χ2v) is 3.64. The van der Waals surface area contributed by atoms with Crippen LogP contribution in [0.1, 0.15) is 5.82 Å². The van der Waals surface area contributed by atoms with E-state index in [0.29, 0.717) is 11.5 Å². The summed E-state index contributed by atoms with van der Waals surface area (Å²) < 4.78 is 1.58. The minimum atomic E-state index is -0.253. The van der Waals surface area contributed by atoms with E-state index in [0.717, 1.165) is 5.69 Å². The number of alkyl halides is 1. The summed E-state index contributed by atoms with van der Waals surface area (Å²) in [5, 5.41) is 13.9. The fraction of sp³-hybridized carbons (Fsp3) is 0.200. The smallest absolute Gasteiger partial charge is 0.239 e. The first-order valence-corrected chi connectivity index (χ1v) is 5.45. The number of carbonyl (C=O) groups is 1. The van der Waals surface area contributed by atoms with Crippen molar-refractivity contribution in [1.82, 2.24) is 20.2 Å². The number of tetrazole rings is 1. The van der Waals surface area contributed by atoms with Crippen LogP contribution in [0.25, 0.3) is 5.69 Å². The molecule has 0 aliphatic carbocycles. The zero-order valence-corrected chi connectivity index (χ0v) is 9.85. The number of carbonyl (C=O) groups excluding carboxylic acids is 1. The number of aromatic nitrogens is 4. The first kappa shape index (κ1) is 11.5. The van der Waals surface area contributed by atoms with Crippen LogP contribution in [0.15, 0.2) is 24.3 Å². The molecule has 0 radical (unpaired) electrons. The van der Waals surface area contributed by atoms with Gasteiger partial charge in [-0.05, 0) is 35.5 Å². The Morgan fingerprint density at radius 2 is 2.35 bits per heavy atom. The Bertz CT molecular complexity index is 539. The fourth-order valence-electron chi connectivity index (χ4n) is 1.38. The predicted octanol–water partition coefficient (Wildman–Crippen LogP) is 1.15. The van der Waals surface area contributed by atoms with Gasteiger partial charge in [-0.3, -0.25) is 4.79 Å². The Kier molecular flexibility index (Phi) is 3.34. The molecule has 0 aliphatic heterocycles. The topological polar surface area (TPSA) is 72.7 Å². The lowest BCUT2D eigenvalue weighted by Crippen LogP contribution is -2.12. The van der Waals surface area contributed by atoms with Crippen molar-refractivity contribution < 1.29 is 4.79 Å². The number of hydrogen-bond acceptors (Lipinski definition) is 4. The summed E-state index contributed by atoms with van der Waals surface area (Å²) in [5.74, 6) is 0.344. The van der Waals surface area contributed by atoms with E-state index >= 15 is 0 Å². The van der Waals surface area contributed by atoms with Crippen LogP contribution in [0.2, 0.25) is 0 Å². The van der Waals surface area contributed by atoms with Gasteiger partial charge in [0.05, 0.1) is 5.69 Å². The number of aryl methyl sites for hydroxylation is 1. The molecule has 0 unspecified atom stereocenters. The Balaban J connectivity index is 2.29. The number of nitrogens with one attached hydrogen (secondary N) is 1. The van der Waals surface area contributed by atoms with E-state index in [2.05, 4.69) is 20.8 Å². The molecule has 0 saturated heterocycles. The molecule has 1 amide bonds. The van der Waals surface area contributed by atoms with Crippen LogP contribution >= 0.6 is 11.6 Å². The van der Waals surface area contributed by atoms with E-state index < -0.39 is 0 Å². The number of nitrogens with zero attached hydrogens (tertiary/aromatic N) is 4. The predicted molar refractivity (Wildman–Crippen MR) is 63.2 cm³/mol. The monoisotopic (exact) mass is 251 g/mol. The lowest BCUT2D eigenvalue weighted by molar-refractivity contribution is -0.113. The fourth-order valence-corrected chi connectivity index (χ4v) is 1.45. The molecule has 1 heterocycles. The van der Waals surface area contributed by atoms with Crippen molar-refractivity contribution in [2.45, 2.75) is 6.92 Å². The minimum absolute atomic E-state index is 0.0753. The highest BCUT2D eigenvalue weighted by Crippen LogP contribution is 2.14. The van der Waals surface area contributed by atoms with E-state index in [9.17, 15) is 4.79 Å². The third kappa shape index (κ3) is 2.59. The number of halogens is 1. The second kappa shape index (κ2) is 4.92. The van der Waals surface area contributed by atoms with Gasteiger partial charge in [0.15, 0.2) is 5.82 Å².